The molecule has 23 heavy (non-hydrogen) atoms. The molecule has 0 saturated carbocycles. The van der Waals surface area contributed by atoms with Gasteiger partial charge in [-0.25, -0.2) is 0 Å². The molecule has 1 heterocycles. The van der Waals surface area contributed by atoms with E-state index in [1.54, 1.807) is 6.07 Å². The number of carbonyl (C=O) groups excluding carboxylic acids is 2. The van der Waals surface area contributed by atoms with Crippen molar-refractivity contribution in [3.63, 3.8) is 0 Å². The third-order valence-electron chi connectivity index (χ3n) is 3.08. The SMILES string of the molecule is CCc1ccccc1NC(=O)CNC(=O)c1ccc([N+](=O)[O-])s1. The molecule has 7 nitrogen and oxygen atoms in total. The first-order valence-electron chi connectivity index (χ1n) is 6.91. The van der Waals surface area contributed by atoms with Crippen LogP contribution >= 0.6 is 11.3 Å². The van der Waals surface area contributed by atoms with Gasteiger partial charge in [0.05, 0.1) is 16.3 Å². The number of anilines is 1. The average molecular weight is 333 g/mol. The predicted octanol–water partition coefficient (Wildman–Crippen LogP) is 2.59. The maximum Gasteiger partial charge on any atom is 0.324 e. The van der Waals surface area contributed by atoms with Crippen molar-refractivity contribution in [2.45, 2.75) is 13.3 Å². The fourth-order valence-corrected chi connectivity index (χ4v) is 2.68. The number of aryl methyl sites for hydroxylation is 1. The van der Waals surface area contributed by atoms with Gasteiger partial charge in [-0.05, 0) is 24.1 Å². The zero-order chi connectivity index (χ0) is 16.8. The second-order valence-corrected chi connectivity index (χ2v) is 5.70. The van der Waals surface area contributed by atoms with Crippen LogP contribution in [0.25, 0.3) is 0 Å². The first-order valence-corrected chi connectivity index (χ1v) is 7.73. The minimum Gasteiger partial charge on any atom is -0.342 e. The highest BCUT2D eigenvalue weighted by atomic mass is 32.1. The molecule has 0 radical (unpaired) electrons. The Bertz CT molecular complexity index is 742. The van der Waals surface area contributed by atoms with Gasteiger partial charge in [0.15, 0.2) is 0 Å². The summed E-state index contributed by atoms with van der Waals surface area (Å²) >= 11 is 0.768. The first-order chi connectivity index (χ1) is 11.0. The molecule has 0 unspecified atom stereocenters. The van der Waals surface area contributed by atoms with Crippen molar-refractivity contribution in [2.75, 3.05) is 11.9 Å². The molecule has 2 N–H and O–H groups in total. The standard InChI is InChI=1S/C15H15N3O4S/c1-2-10-5-3-4-6-11(10)17-13(19)9-16-15(20)12-7-8-14(23-12)18(21)22/h3-8H,2,9H2,1H3,(H,16,20)(H,17,19). The second-order valence-electron chi connectivity index (χ2n) is 4.64. The van der Waals surface area contributed by atoms with Crippen LogP contribution in [0.4, 0.5) is 10.7 Å². The van der Waals surface area contributed by atoms with Gasteiger partial charge >= 0.3 is 5.00 Å². The number of thiophene rings is 1. The number of rotatable bonds is 6. The third-order valence-corrected chi connectivity index (χ3v) is 4.11. The molecule has 1 aromatic carbocycles. The van der Waals surface area contributed by atoms with Gasteiger partial charge in [-0.3, -0.25) is 19.7 Å². The Kier molecular flexibility index (Phi) is 5.42. The Labute approximate surface area is 136 Å². The lowest BCUT2D eigenvalue weighted by atomic mass is 10.1. The Morgan fingerprint density at radius 1 is 1.22 bits per heavy atom. The molecular formula is C15H15N3O4S. The molecule has 0 aliphatic heterocycles. The van der Waals surface area contributed by atoms with Gasteiger partial charge in [-0.1, -0.05) is 36.5 Å². The van der Waals surface area contributed by atoms with Crippen LogP contribution in [-0.2, 0) is 11.2 Å². The van der Waals surface area contributed by atoms with E-state index in [1.165, 1.54) is 12.1 Å². The van der Waals surface area contributed by atoms with Gasteiger partial charge in [0.25, 0.3) is 5.91 Å². The fourth-order valence-electron chi connectivity index (χ4n) is 1.94. The van der Waals surface area contributed by atoms with Crippen LogP contribution in [0, 0.1) is 10.1 Å². The summed E-state index contributed by atoms with van der Waals surface area (Å²) in [5.41, 5.74) is 1.71. The normalized spacial score (nSPS) is 10.1. The number of hydrogen-bond donors (Lipinski definition) is 2. The van der Waals surface area contributed by atoms with E-state index in [2.05, 4.69) is 10.6 Å². The van der Waals surface area contributed by atoms with E-state index in [-0.39, 0.29) is 22.3 Å². The number of benzene rings is 1. The molecule has 120 valence electrons. The van der Waals surface area contributed by atoms with Crippen LogP contribution in [0.1, 0.15) is 22.2 Å². The number of para-hydroxylation sites is 1. The van der Waals surface area contributed by atoms with E-state index in [0.29, 0.717) is 5.69 Å². The predicted molar refractivity (Wildman–Crippen MR) is 87.8 cm³/mol. The van der Waals surface area contributed by atoms with Gasteiger partial charge in [0, 0.05) is 11.8 Å². The maximum atomic E-state index is 11.9. The smallest absolute Gasteiger partial charge is 0.324 e. The molecule has 1 aromatic heterocycles. The summed E-state index contributed by atoms with van der Waals surface area (Å²) in [4.78, 5) is 34.0. The summed E-state index contributed by atoms with van der Waals surface area (Å²) in [6.07, 6.45) is 0.779. The molecular weight excluding hydrogens is 318 g/mol. The van der Waals surface area contributed by atoms with Crippen LogP contribution < -0.4 is 10.6 Å². The highest BCUT2D eigenvalue weighted by Gasteiger charge is 2.16. The summed E-state index contributed by atoms with van der Waals surface area (Å²) in [6, 6.07) is 10.0. The molecule has 8 heteroatoms. The molecule has 2 aromatic rings. The van der Waals surface area contributed by atoms with Crippen molar-refractivity contribution in [3.8, 4) is 0 Å². The van der Waals surface area contributed by atoms with Gasteiger partial charge in [0.2, 0.25) is 5.91 Å². The first kappa shape index (κ1) is 16.6. The van der Waals surface area contributed by atoms with Gasteiger partial charge in [-0.15, -0.1) is 0 Å². The molecule has 0 fully saturated rings. The van der Waals surface area contributed by atoms with E-state index >= 15 is 0 Å². The van der Waals surface area contributed by atoms with Crippen molar-refractivity contribution in [2.24, 2.45) is 0 Å². The molecule has 0 saturated heterocycles. The summed E-state index contributed by atoms with van der Waals surface area (Å²) < 4.78 is 0. The molecule has 0 spiro atoms. The number of nitrogens with one attached hydrogen (secondary N) is 2. The highest BCUT2D eigenvalue weighted by Crippen LogP contribution is 2.23. The Morgan fingerprint density at radius 2 is 1.96 bits per heavy atom. The zero-order valence-electron chi connectivity index (χ0n) is 12.4. The summed E-state index contributed by atoms with van der Waals surface area (Å²) in [5, 5.41) is 15.7. The molecule has 0 bridgehead atoms. The Morgan fingerprint density at radius 3 is 2.61 bits per heavy atom. The lowest BCUT2D eigenvalue weighted by Gasteiger charge is -2.10. The quantitative estimate of drug-likeness (QED) is 0.626. The van der Waals surface area contributed by atoms with Crippen molar-refractivity contribution in [1.82, 2.24) is 5.32 Å². The van der Waals surface area contributed by atoms with Crippen molar-refractivity contribution < 1.29 is 14.5 Å². The highest BCUT2D eigenvalue weighted by molar-refractivity contribution is 7.17. The van der Waals surface area contributed by atoms with Crippen LogP contribution in [0.3, 0.4) is 0 Å². The van der Waals surface area contributed by atoms with E-state index in [1.807, 2.05) is 25.1 Å². The average Bonchev–Trinajstić information content (AvgIpc) is 3.03. The minimum absolute atomic E-state index is 0.114. The van der Waals surface area contributed by atoms with E-state index < -0.39 is 10.8 Å². The topological polar surface area (TPSA) is 101 Å². The molecule has 0 aliphatic carbocycles. The van der Waals surface area contributed by atoms with E-state index in [9.17, 15) is 19.7 Å². The van der Waals surface area contributed by atoms with Crippen LogP contribution in [0.2, 0.25) is 0 Å². The van der Waals surface area contributed by atoms with Gasteiger partial charge < -0.3 is 10.6 Å². The molecule has 2 amide bonds. The number of nitro groups is 1. The Balaban J connectivity index is 1.90. The maximum absolute atomic E-state index is 11.9. The number of amides is 2. The molecule has 0 atom stereocenters. The summed E-state index contributed by atoms with van der Waals surface area (Å²) in [7, 11) is 0. The van der Waals surface area contributed by atoms with Crippen molar-refractivity contribution >= 4 is 33.8 Å². The fraction of sp³-hybridized carbons (Fsp3) is 0.200. The number of carbonyl (C=O) groups is 2. The molecule has 2 rings (SSSR count). The van der Waals surface area contributed by atoms with E-state index in [4.69, 9.17) is 0 Å². The lowest BCUT2D eigenvalue weighted by Crippen LogP contribution is -2.32. The monoisotopic (exact) mass is 333 g/mol. The van der Waals surface area contributed by atoms with Crippen LogP contribution in [0.5, 0.6) is 0 Å². The summed E-state index contributed by atoms with van der Waals surface area (Å²) in [5.74, 6) is -0.868. The minimum atomic E-state index is -0.560. The second kappa shape index (κ2) is 7.50. The van der Waals surface area contributed by atoms with Crippen molar-refractivity contribution in [1.29, 1.82) is 0 Å². The van der Waals surface area contributed by atoms with Gasteiger partial charge in [-0.2, -0.15) is 0 Å². The number of nitrogens with zero attached hydrogens (tertiary/aromatic N) is 1. The van der Waals surface area contributed by atoms with Crippen molar-refractivity contribution in [3.05, 3.63) is 57.0 Å². The molecule has 0 aliphatic rings. The third kappa shape index (κ3) is 4.36. The lowest BCUT2D eigenvalue weighted by molar-refractivity contribution is -0.380. The number of hydrogen-bond acceptors (Lipinski definition) is 5. The van der Waals surface area contributed by atoms with Gasteiger partial charge in [0.1, 0.15) is 0 Å². The van der Waals surface area contributed by atoms with Crippen LogP contribution in [-0.4, -0.2) is 23.3 Å². The van der Waals surface area contributed by atoms with Crippen LogP contribution in [0.15, 0.2) is 36.4 Å². The zero-order valence-corrected chi connectivity index (χ0v) is 13.2. The summed E-state index contributed by atoms with van der Waals surface area (Å²) in [6.45, 7) is 1.78. The Hall–Kier alpha value is -2.74. The van der Waals surface area contributed by atoms with E-state index in [0.717, 1.165) is 23.3 Å². The largest absolute Gasteiger partial charge is 0.342 e.